The number of Topliss-reactive ketones (excluding diaryl/α,β-unsaturated/α-hetero) is 4. The number of primary amides is 2. The second kappa shape index (κ2) is 9.53. The van der Waals surface area contributed by atoms with Crippen LogP contribution in [0, 0.1) is 29.5 Å². The van der Waals surface area contributed by atoms with Gasteiger partial charge in [-0.3, -0.25) is 38.6 Å². The Labute approximate surface area is 228 Å². The maximum absolute atomic E-state index is 15.9. The molecule has 1 saturated heterocycles. The number of phenolic OH excluding ortho intramolecular Hbond substituents is 1. The number of nitrogens with zero attached hydrogens (tertiary/aromatic N) is 2. The van der Waals surface area contributed by atoms with E-state index in [-0.39, 0.29) is 30.5 Å². The molecule has 1 heterocycles. The van der Waals surface area contributed by atoms with Gasteiger partial charge in [0.1, 0.15) is 11.6 Å². The molecule has 12 nitrogen and oxygen atoms in total. The number of halogens is 1. The van der Waals surface area contributed by atoms with Crippen LogP contribution in [0.5, 0.6) is 5.75 Å². The third-order valence-electron chi connectivity index (χ3n) is 9.14. The third kappa shape index (κ3) is 3.82. The lowest BCUT2D eigenvalue weighted by Gasteiger charge is -2.52. The van der Waals surface area contributed by atoms with Crippen LogP contribution in [0.1, 0.15) is 40.7 Å². The molecular weight excluding hydrogens is 527 g/mol. The van der Waals surface area contributed by atoms with Crippen LogP contribution in [0.2, 0.25) is 0 Å². The predicted molar refractivity (Wildman–Crippen MR) is 134 cm³/mol. The van der Waals surface area contributed by atoms with Crippen LogP contribution in [-0.4, -0.2) is 93.3 Å². The van der Waals surface area contributed by atoms with Crippen LogP contribution >= 0.6 is 0 Å². The van der Waals surface area contributed by atoms with E-state index in [1.165, 1.54) is 19.0 Å². The molecule has 6 N–H and O–H groups in total. The lowest BCUT2D eigenvalue weighted by atomic mass is 9.52. The number of carbonyl (C=O) groups is 6. The Morgan fingerprint density at radius 2 is 1.82 bits per heavy atom. The SMILES string of the molecule is CN(C)[C@@H]1C(=O)C(C(N)=O)C(=O)[C@@]2(O)C(=O)C3C(=O)c4c(O)cc(CN5CCC[C@@H]5C(N)=O)c(F)c4C[C@H]3C[C@@H]12. The predicted octanol–water partition coefficient (Wildman–Crippen LogP) is -1.54. The summed E-state index contributed by atoms with van der Waals surface area (Å²) in [6, 6.07) is -0.763. The minimum absolute atomic E-state index is 0.0376. The van der Waals surface area contributed by atoms with E-state index in [9.17, 15) is 39.0 Å². The number of aliphatic hydroxyl groups is 1. The van der Waals surface area contributed by atoms with Crippen LogP contribution in [0.4, 0.5) is 4.39 Å². The zero-order valence-corrected chi connectivity index (χ0v) is 22.1. The molecule has 0 spiro atoms. The zero-order valence-electron chi connectivity index (χ0n) is 22.1. The number of ketones is 4. The van der Waals surface area contributed by atoms with Gasteiger partial charge in [-0.15, -0.1) is 0 Å². The number of carbonyl (C=O) groups excluding carboxylic acids is 6. The van der Waals surface area contributed by atoms with Gasteiger partial charge < -0.3 is 21.7 Å². The molecule has 0 radical (unpaired) electrons. The Hall–Kier alpha value is -3.55. The Bertz CT molecular complexity index is 1380. The van der Waals surface area contributed by atoms with E-state index in [1.54, 1.807) is 4.90 Å². The fourth-order valence-corrected chi connectivity index (χ4v) is 7.38. The van der Waals surface area contributed by atoms with Crippen molar-refractivity contribution >= 4 is 34.9 Å². The Balaban J connectivity index is 1.56. The van der Waals surface area contributed by atoms with Crippen molar-refractivity contribution in [1.29, 1.82) is 0 Å². The van der Waals surface area contributed by atoms with E-state index < -0.39 is 93.4 Å². The summed E-state index contributed by atoms with van der Waals surface area (Å²) in [5.74, 6) is -13.4. The number of phenols is 1. The van der Waals surface area contributed by atoms with Crippen LogP contribution in [0.15, 0.2) is 6.07 Å². The molecule has 1 aromatic carbocycles. The molecule has 2 unspecified atom stereocenters. The van der Waals surface area contributed by atoms with Gasteiger partial charge in [-0.25, -0.2) is 4.39 Å². The number of aromatic hydroxyl groups is 1. The summed E-state index contributed by atoms with van der Waals surface area (Å²) >= 11 is 0. The van der Waals surface area contributed by atoms with Crippen molar-refractivity contribution in [2.45, 2.75) is 49.9 Å². The second-order valence-corrected chi connectivity index (χ2v) is 11.5. The van der Waals surface area contributed by atoms with Gasteiger partial charge in [0.2, 0.25) is 11.8 Å². The third-order valence-corrected chi connectivity index (χ3v) is 9.14. The maximum Gasteiger partial charge on any atom is 0.235 e. The van der Waals surface area contributed by atoms with Gasteiger partial charge in [0.05, 0.1) is 23.6 Å². The fourth-order valence-electron chi connectivity index (χ4n) is 7.38. The van der Waals surface area contributed by atoms with Gasteiger partial charge in [0.15, 0.2) is 34.7 Å². The van der Waals surface area contributed by atoms with Gasteiger partial charge in [-0.05, 0) is 58.3 Å². The first kappa shape index (κ1) is 28.0. The highest BCUT2D eigenvalue weighted by Gasteiger charge is 2.69. The van der Waals surface area contributed by atoms with Crippen molar-refractivity contribution in [2.24, 2.45) is 35.1 Å². The molecule has 7 atom stereocenters. The summed E-state index contributed by atoms with van der Waals surface area (Å²) in [5.41, 5.74) is 7.45. The Morgan fingerprint density at radius 3 is 2.42 bits per heavy atom. The maximum atomic E-state index is 15.9. The monoisotopic (exact) mass is 558 g/mol. The first-order chi connectivity index (χ1) is 18.7. The van der Waals surface area contributed by atoms with E-state index in [1.807, 2.05) is 0 Å². The Kier molecular flexibility index (Phi) is 6.67. The largest absolute Gasteiger partial charge is 0.507 e. The van der Waals surface area contributed by atoms with E-state index in [4.69, 9.17) is 11.5 Å². The van der Waals surface area contributed by atoms with Crippen molar-refractivity contribution < 1.29 is 43.4 Å². The van der Waals surface area contributed by atoms with E-state index in [2.05, 4.69) is 0 Å². The number of rotatable bonds is 5. The molecule has 214 valence electrons. The van der Waals surface area contributed by atoms with E-state index >= 15 is 4.39 Å². The molecular formula is C27H31FN4O8. The lowest BCUT2D eigenvalue weighted by Crippen LogP contribution is -2.74. The number of hydrogen-bond acceptors (Lipinski definition) is 10. The highest BCUT2D eigenvalue weighted by molar-refractivity contribution is 6.32. The van der Waals surface area contributed by atoms with Gasteiger partial charge in [0.25, 0.3) is 0 Å². The van der Waals surface area contributed by atoms with E-state index in [0.717, 1.165) is 6.07 Å². The van der Waals surface area contributed by atoms with Crippen molar-refractivity contribution in [1.82, 2.24) is 9.80 Å². The van der Waals surface area contributed by atoms with Crippen LogP contribution in [-0.2, 0) is 36.9 Å². The molecule has 13 heteroatoms. The van der Waals surface area contributed by atoms with Gasteiger partial charge in [0, 0.05) is 23.6 Å². The van der Waals surface area contributed by atoms with Crippen molar-refractivity contribution in [3.05, 3.63) is 28.6 Å². The quantitative estimate of drug-likeness (QED) is 0.307. The average Bonchev–Trinajstić information content (AvgIpc) is 3.32. The molecule has 0 aromatic heterocycles. The number of amides is 2. The van der Waals surface area contributed by atoms with Crippen LogP contribution in [0.3, 0.4) is 0 Å². The smallest absolute Gasteiger partial charge is 0.235 e. The van der Waals surface area contributed by atoms with Crippen LogP contribution < -0.4 is 11.5 Å². The highest BCUT2D eigenvalue weighted by atomic mass is 19.1. The van der Waals surface area contributed by atoms with E-state index in [0.29, 0.717) is 19.4 Å². The molecule has 4 aliphatic rings. The van der Waals surface area contributed by atoms with Gasteiger partial charge in [-0.2, -0.15) is 0 Å². The number of hydrogen-bond donors (Lipinski definition) is 4. The summed E-state index contributed by atoms with van der Waals surface area (Å²) in [5, 5.41) is 22.4. The average molecular weight is 559 g/mol. The summed E-state index contributed by atoms with van der Waals surface area (Å²) in [7, 11) is 2.97. The molecule has 0 bridgehead atoms. The summed E-state index contributed by atoms with van der Waals surface area (Å²) in [6.45, 7) is 0.452. The van der Waals surface area contributed by atoms with Crippen molar-refractivity contribution in [3.8, 4) is 5.75 Å². The second-order valence-electron chi connectivity index (χ2n) is 11.5. The number of nitrogens with two attached hydrogens (primary N) is 2. The first-order valence-corrected chi connectivity index (χ1v) is 13.1. The molecule has 1 aromatic rings. The molecule has 2 amide bonds. The van der Waals surface area contributed by atoms with Crippen molar-refractivity contribution in [2.75, 3.05) is 20.6 Å². The van der Waals surface area contributed by atoms with Gasteiger partial charge >= 0.3 is 0 Å². The molecule has 3 aliphatic carbocycles. The topological polar surface area (TPSA) is 201 Å². The summed E-state index contributed by atoms with van der Waals surface area (Å²) in [4.78, 5) is 80.8. The van der Waals surface area contributed by atoms with Crippen molar-refractivity contribution in [3.63, 3.8) is 0 Å². The molecule has 5 rings (SSSR count). The fraction of sp³-hybridized carbons (Fsp3) is 0.556. The standard InChI is InChI=1S/C27H31FN4O8/c1-31(2)20-13-7-10-6-12-17(15(33)8-11(19(12)28)9-32-5-3-4-14(32)25(29)38)21(34)16(10)23(36)27(13,40)24(37)18(22(20)35)26(30)39/h8,10,13-14,16,18,20,33,40H,3-7,9H2,1-2H3,(H2,29,38)(H2,30,39)/t10-,13-,14+,16?,18?,20-,27-/m0/s1. The summed E-state index contributed by atoms with van der Waals surface area (Å²) < 4.78 is 15.9. The number of benzene rings is 1. The van der Waals surface area contributed by atoms with Gasteiger partial charge in [-0.1, -0.05) is 0 Å². The molecule has 3 fully saturated rings. The highest BCUT2D eigenvalue weighted by Crippen LogP contribution is 2.51. The first-order valence-electron chi connectivity index (χ1n) is 13.1. The lowest BCUT2D eigenvalue weighted by molar-refractivity contribution is -0.181. The molecule has 2 saturated carbocycles. The summed E-state index contributed by atoms with van der Waals surface area (Å²) in [6.07, 6.45) is 0.841. The minimum Gasteiger partial charge on any atom is -0.507 e. The number of likely N-dealkylation sites (tertiary alicyclic amines) is 1. The van der Waals surface area contributed by atoms with Crippen LogP contribution in [0.25, 0.3) is 0 Å². The Morgan fingerprint density at radius 1 is 1.15 bits per heavy atom. The normalized spacial score (nSPS) is 34.0. The molecule has 1 aliphatic heterocycles. The molecule has 40 heavy (non-hydrogen) atoms. The number of likely N-dealkylation sites (N-methyl/N-ethyl adjacent to an activating group) is 1. The zero-order chi connectivity index (χ0) is 29.4. The minimum atomic E-state index is -2.84. The number of fused-ring (bicyclic) bond motifs is 3.